The molecule has 432 valence electrons. The number of rotatable bonds is 54. The van der Waals surface area contributed by atoms with Crippen molar-refractivity contribution < 1.29 is 39.8 Å². The standard InChI is InChI=1S/C65H119NO8/c1-3-5-7-9-11-13-15-17-19-21-23-25-26-27-28-29-30-31-32-33-34-35-37-39-41-43-45-47-49-51-53-55-61(69)66-58(57-73-65-64(72)63(71)62(70)60(56-67)74-65)59(68)54-52-50-48-46-44-42-40-38-36-24-22-20-18-16-14-12-10-8-6-4-2/h23,25,27-28,36,38,44,46,52,54,58-60,62-65,67-68,70-72H,3-22,24,26,29-35,37,39-43,45,47-51,53,55-57H2,1-2H3,(H,66,69)/b25-23-,28-27-,38-36+,46-44+,54-52+. The maximum absolute atomic E-state index is 13.1. The van der Waals surface area contributed by atoms with E-state index < -0.39 is 49.5 Å². The van der Waals surface area contributed by atoms with E-state index >= 15 is 0 Å². The van der Waals surface area contributed by atoms with Gasteiger partial charge in [0.25, 0.3) is 0 Å². The largest absolute Gasteiger partial charge is 0.394 e. The Labute approximate surface area is 456 Å². The van der Waals surface area contributed by atoms with Crippen LogP contribution in [-0.4, -0.2) is 87.5 Å². The molecule has 1 fully saturated rings. The van der Waals surface area contributed by atoms with Crippen molar-refractivity contribution in [3.63, 3.8) is 0 Å². The average molecular weight is 1040 g/mol. The summed E-state index contributed by atoms with van der Waals surface area (Å²) in [7, 11) is 0. The number of carbonyl (C=O) groups excluding carboxylic acids is 1. The molecule has 7 unspecified atom stereocenters. The number of hydrogen-bond acceptors (Lipinski definition) is 8. The lowest BCUT2D eigenvalue weighted by atomic mass is 9.99. The van der Waals surface area contributed by atoms with Gasteiger partial charge in [-0.05, 0) is 77.0 Å². The number of ether oxygens (including phenoxy) is 2. The number of aliphatic hydroxyl groups is 5. The molecule has 7 atom stereocenters. The van der Waals surface area contributed by atoms with Crippen molar-refractivity contribution in [2.45, 2.75) is 333 Å². The molecule has 0 bridgehead atoms. The Kier molecular flexibility index (Phi) is 51.3. The first-order valence-electron chi connectivity index (χ1n) is 31.5. The molecule has 0 spiro atoms. The number of amides is 1. The van der Waals surface area contributed by atoms with Crippen LogP contribution < -0.4 is 5.32 Å². The van der Waals surface area contributed by atoms with Gasteiger partial charge in [-0.2, -0.15) is 0 Å². The Balaban J connectivity index is 2.19. The fraction of sp³-hybridized carbons (Fsp3) is 0.831. The van der Waals surface area contributed by atoms with Crippen LogP contribution in [0.15, 0.2) is 60.8 Å². The highest BCUT2D eigenvalue weighted by Gasteiger charge is 2.44. The zero-order chi connectivity index (χ0) is 53.6. The highest BCUT2D eigenvalue weighted by molar-refractivity contribution is 5.76. The summed E-state index contributed by atoms with van der Waals surface area (Å²) in [5, 5.41) is 54.6. The van der Waals surface area contributed by atoms with Crippen molar-refractivity contribution in [1.82, 2.24) is 5.32 Å². The molecule has 0 radical (unpaired) electrons. The second kappa shape index (κ2) is 54.3. The maximum Gasteiger partial charge on any atom is 0.220 e. The third-order valence-corrected chi connectivity index (χ3v) is 14.8. The quantitative estimate of drug-likeness (QED) is 0.0261. The monoisotopic (exact) mass is 1040 g/mol. The lowest BCUT2D eigenvalue weighted by molar-refractivity contribution is -0.302. The van der Waals surface area contributed by atoms with Gasteiger partial charge in [0.1, 0.15) is 24.4 Å². The van der Waals surface area contributed by atoms with Gasteiger partial charge in [0.05, 0.1) is 25.4 Å². The highest BCUT2D eigenvalue weighted by Crippen LogP contribution is 2.23. The van der Waals surface area contributed by atoms with Gasteiger partial charge in [-0.1, -0.05) is 267 Å². The van der Waals surface area contributed by atoms with Crippen LogP contribution in [0.2, 0.25) is 0 Å². The second-order valence-corrected chi connectivity index (χ2v) is 21.8. The molecule has 1 saturated heterocycles. The van der Waals surface area contributed by atoms with Crippen molar-refractivity contribution in [3.8, 4) is 0 Å². The zero-order valence-corrected chi connectivity index (χ0v) is 48.1. The fourth-order valence-electron chi connectivity index (χ4n) is 9.81. The fourth-order valence-corrected chi connectivity index (χ4v) is 9.81. The van der Waals surface area contributed by atoms with E-state index in [1.807, 2.05) is 6.08 Å². The molecular formula is C65H119NO8. The molecule has 0 aliphatic carbocycles. The molecule has 1 heterocycles. The summed E-state index contributed by atoms with van der Waals surface area (Å²) in [4.78, 5) is 13.1. The van der Waals surface area contributed by atoms with E-state index in [1.165, 1.54) is 218 Å². The summed E-state index contributed by atoms with van der Waals surface area (Å²) in [6, 6.07) is -0.831. The van der Waals surface area contributed by atoms with Gasteiger partial charge in [-0.25, -0.2) is 0 Å². The molecule has 6 N–H and O–H groups in total. The van der Waals surface area contributed by atoms with Crippen molar-refractivity contribution in [2.75, 3.05) is 13.2 Å². The van der Waals surface area contributed by atoms with Crippen molar-refractivity contribution >= 4 is 5.91 Å². The van der Waals surface area contributed by atoms with Crippen LogP contribution in [0.4, 0.5) is 0 Å². The predicted molar refractivity (Wildman–Crippen MR) is 313 cm³/mol. The predicted octanol–water partition coefficient (Wildman–Crippen LogP) is 16.2. The van der Waals surface area contributed by atoms with E-state index in [9.17, 15) is 30.3 Å². The Morgan fingerprint density at radius 2 is 0.811 bits per heavy atom. The molecule has 0 aromatic carbocycles. The molecule has 0 aromatic rings. The average Bonchev–Trinajstić information content (AvgIpc) is 3.40. The number of carbonyl (C=O) groups is 1. The molecule has 0 aromatic heterocycles. The van der Waals surface area contributed by atoms with E-state index in [1.54, 1.807) is 6.08 Å². The minimum absolute atomic E-state index is 0.189. The summed E-state index contributed by atoms with van der Waals surface area (Å²) in [6.07, 6.45) is 67.3. The molecule has 9 nitrogen and oxygen atoms in total. The Morgan fingerprint density at radius 3 is 1.22 bits per heavy atom. The van der Waals surface area contributed by atoms with Crippen LogP contribution in [0.3, 0.4) is 0 Å². The number of aliphatic hydroxyl groups excluding tert-OH is 5. The summed E-state index contributed by atoms with van der Waals surface area (Å²) >= 11 is 0. The van der Waals surface area contributed by atoms with E-state index in [4.69, 9.17) is 9.47 Å². The first-order chi connectivity index (χ1) is 36.3. The minimum Gasteiger partial charge on any atom is -0.394 e. The SMILES string of the molecule is CCCCCCCCCCC/C=C\C/C=C\CCCCCCCCCCCCCCCCCC(=O)NC(COC1OC(CO)C(O)C(O)C1O)C(O)/C=C/CC/C=C/CC/C=C/CCCCCCCCCCCC. The van der Waals surface area contributed by atoms with Gasteiger partial charge in [0.15, 0.2) is 6.29 Å². The van der Waals surface area contributed by atoms with Gasteiger partial charge in [0.2, 0.25) is 5.91 Å². The lowest BCUT2D eigenvalue weighted by Crippen LogP contribution is -2.60. The van der Waals surface area contributed by atoms with E-state index in [2.05, 4.69) is 67.8 Å². The van der Waals surface area contributed by atoms with Crippen LogP contribution in [0.25, 0.3) is 0 Å². The molecule has 9 heteroatoms. The lowest BCUT2D eigenvalue weighted by Gasteiger charge is -2.40. The number of hydrogen-bond donors (Lipinski definition) is 6. The van der Waals surface area contributed by atoms with Crippen LogP contribution >= 0.6 is 0 Å². The smallest absolute Gasteiger partial charge is 0.220 e. The van der Waals surface area contributed by atoms with Crippen LogP contribution in [0.5, 0.6) is 0 Å². The third kappa shape index (κ3) is 42.9. The molecule has 0 saturated carbocycles. The molecule has 1 aliphatic rings. The normalized spacial score (nSPS) is 19.4. The van der Waals surface area contributed by atoms with Gasteiger partial charge < -0.3 is 40.3 Å². The Hall–Kier alpha value is -2.11. The van der Waals surface area contributed by atoms with E-state index in [0.717, 1.165) is 51.4 Å². The van der Waals surface area contributed by atoms with Crippen molar-refractivity contribution in [2.24, 2.45) is 0 Å². The maximum atomic E-state index is 13.1. The third-order valence-electron chi connectivity index (χ3n) is 14.8. The Bertz CT molecular complexity index is 1350. The summed E-state index contributed by atoms with van der Waals surface area (Å²) in [5.41, 5.74) is 0. The van der Waals surface area contributed by atoms with Gasteiger partial charge in [-0.15, -0.1) is 0 Å². The van der Waals surface area contributed by atoms with Crippen molar-refractivity contribution in [1.29, 1.82) is 0 Å². The van der Waals surface area contributed by atoms with Gasteiger partial charge >= 0.3 is 0 Å². The number of nitrogens with one attached hydrogen (secondary N) is 1. The zero-order valence-electron chi connectivity index (χ0n) is 48.1. The summed E-state index contributed by atoms with van der Waals surface area (Å²) in [5.74, 6) is -0.189. The highest BCUT2D eigenvalue weighted by atomic mass is 16.7. The molecule has 74 heavy (non-hydrogen) atoms. The number of allylic oxidation sites excluding steroid dienone is 9. The van der Waals surface area contributed by atoms with Crippen LogP contribution in [0.1, 0.15) is 290 Å². The number of unbranched alkanes of at least 4 members (excludes halogenated alkanes) is 36. The molecule has 1 amide bonds. The molecule has 1 aliphatic heterocycles. The molecular weight excluding hydrogens is 923 g/mol. The summed E-state index contributed by atoms with van der Waals surface area (Å²) in [6.45, 7) is 3.78. The second-order valence-electron chi connectivity index (χ2n) is 21.8. The minimum atomic E-state index is -1.58. The van der Waals surface area contributed by atoms with Gasteiger partial charge in [0, 0.05) is 6.42 Å². The molecule has 1 rings (SSSR count). The topological polar surface area (TPSA) is 149 Å². The van der Waals surface area contributed by atoms with Crippen LogP contribution in [-0.2, 0) is 14.3 Å². The van der Waals surface area contributed by atoms with E-state index in [0.29, 0.717) is 6.42 Å². The Morgan fingerprint density at radius 1 is 0.459 bits per heavy atom. The van der Waals surface area contributed by atoms with E-state index in [-0.39, 0.29) is 12.5 Å². The first kappa shape index (κ1) is 69.9. The van der Waals surface area contributed by atoms with Crippen LogP contribution in [0, 0.1) is 0 Å². The van der Waals surface area contributed by atoms with Gasteiger partial charge in [-0.3, -0.25) is 4.79 Å². The first-order valence-corrected chi connectivity index (χ1v) is 31.5. The van der Waals surface area contributed by atoms with Crippen molar-refractivity contribution in [3.05, 3.63) is 60.8 Å². The summed E-state index contributed by atoms with van der Waals surface area (Å²) < 4.78 is 11.3.